The minimum atomic E-state index is 0.173. The molecule has 0 aromatic heterocycles. The summed E-state index contributed by atoms with van der Waals surface area (Å²) in [6, 6.07) is 6.64. The van der Waals surface area contributed by atoms with Crippen molar-refractivity contribution in [2.24, 2.45) is 5.84 Å². The van der Waals surface area contributed by atoms with Gasteiger partial charge in [-0.25, -0.2) is 0 Å². The van der Waals surface area contributed by atoms with Crippen LogP contribution in [-0.2, 0) is 0 Å². The standard InChI is InChI=1S/C14H22N2/c1-5-10(2)9-14(16-15)13-8-11(3)6-7-12(13)4/h6-8,14,16H,2,5,9,15H2,1,3-4H3. The third kappa shape index (κ3) is 3.19. The van der Waals surface area contributed by atoms with E-state index in [1.165, 1.54) is 22.3 Å². The highest BCUT2D eigenvalue weighted by Gasteiger charge is 2.12. The second-order valence-corrected chi connectivity index (χ2v) is 4.39. The zero-order valence-electron chi connectivity index (χ0n) is 10.5. The third-order valence-electron chi connectivity index (χ3n) is 3.00. The second-order valence-electron chi connectivity index (χ2n) is 4.39. The number of nitrogens with one attached hydrogen (secondary N) is 1. The van der Waals surface area contributed by atoms with Gasteiger partial charge in [-0.15, -0.1) is 0 Å². The first-order valence-corrected chi connectivity index (χ1v) is 5.78. The minimum absolute atomic E-state index is 0.173. The van der Waals surface area contributed by atoms with Crippen molar-refractivity contribution in [3.8, 4) is 0 Å². The Balaban J connectivity index is 2.94. The predicted molar refractivity (Wildman–Crippen MR) is 70.0 cm³/mol. The molecule has 2 heteroatoms. The van der Waals surface area contributed by atoms with E-state index in [-0.39, 0.29) is 6.04 Å². The van der Waals surface area contributed by atoms with Gasteiger partial charge in [-0.2, -0.15) is 0 Å². The zero-order chi connectivity index (χ0) is 12.1. The van der Waals surface area contributed by atoms with Gasteiger partial charge >= 0.3 is 0 Å². The lowest BCUT2D eigenvalue weighted by Crippen LogP contribution is -2.28. The molecule has 16 heavy (non-hydrogen) atoms. The van der Waals surface area contributed by atoms with Gasteiger partial charge in [0, 0.05) is 6.04 Å². The molecule has 0 saturated heterocycles. The maximum absolute atomic E-state index is 5.64. The molecule has 0 bridgehead atoms. The smallest absolute Gasteiger partial charge is 0.0499 e. The van der Waals surface area contributed by atoms with Crippen LogP contribution in [0, 0.1) is 13.8 Å². The van der Waals surface area contributed by atoms with Gasteiger partial charge in [-0.3, -0.25) is 11.3 Å². The van der Waals surface area contributed by atoms with E-state index in [1.807, 2.05) is 0 Å². The number of nitrogens with two attached hydrogens (primary N) is 1. The first kappa shape index (κ1) is 12.9. The van der Waals surface area contributed by atoms with Gasteiger partial charge in [0.25, 0.3) is 0 Å². The van der Waals surface area contributed by atoms with Crippen molar-refractivity contribution < 1.29 is 0 Å². The summed E-state index contributed by atoms with van der Waals surface area (Å²) >= 11 is 0. The molecule has 0 fully saturated rings. The lowest BCUT2D eigenvalue weighted by molar-refractivity contribution is 0.542. The lowest BCUT2D eigenvalue weighted by Gasteiger charge is -2.20. The molecule has 0 radical (unpaired) electrons. The maximum Gasteiger partial charge on any atom is 0.0499 e. The molecule has 0 aliphatic carbocycles. The Morgan fingerprint density at radius 2 is 2.12 bits per heavy atom. The summed E-state index contributed by atoms with van der Waals surface area (Å²) < 4.78 is 0. The third-order valence-corrected chi connectivity index (χ3v) is 3.00. The molecule has 1 aromatic rings. The molecule has 0 aliphatic rings. The van der Waals surface area contributed by atoms with Crippen molar-refractivity contribution in [1.82, 2.24) is 5.43 Å². The monoisotopic (exact) mass is 218 g/mol. The average molecular weight is 218 g/mol. The Kier molecular flexibility index (Phi) is 4.71. The highest BCUT2D eigenvalue weighted by Crippen LogP contribution is 2.24. The molecule has 1 atom stereocenters. The van der Waals surface area contributed by atoms with Crippen LogP contribution in [0.1, 0.15) is 42.5 Å². The summed E-state index contributed by atoms with van der Waals surface area (Å²) in [6.07, 6.45) is 1.90. The van der Waals surface area contributed by atoms with E-state index in [2.05, 4.69) is 51.0 Å². The van der Waals surface area contributed by atoms with Crippen LogP contribution < -0.4 is 11.3 Å². The van der Waals surface area contributed by atoms with Crippen LogP contribution in [0.3, 0.4) is 0 Å². The Labute approximate surface area is 98.5 Å². The fourth-order valence-electron chi connectivity index (χ4n) is 1.83. The molecule has 0 spiro atoms. The number of rotatable bonds is 5. The minimum Gasteiger partial charge on any atom is -0.271 e. The maximum atomic E-state index is 5.64. The van der Waals surface area contributed by atoms with E-state index >= 15 is 0 Å². The van der Waals surface area contributed by atoms with E-state index in [4.69, 9.17) is 5.84 Å². The number of hydrogen-bond acceptors (Lipinski definition) is 2. The number of hydrazine groups is 1. The summed E-state index contributed by atoms with van der Waals surface area (Å²) in [5.74, 6) is 5.64. The SMILES string of the molecule is C=C(CC)CC(NN)c1cc(C)ccc1C. The molecule has 88 valence electrons. The topological polar surface area (TPSA) is 38.0 Å². The summed E-state index contributed by atoms with van der Waals surface area (Å²) in [7, 11) is 0. The summed E-state index contributed by atoms with van der Waals surface area (Å²) in [4.78, 5) is 0. The van der Waals surface area contributed by atoms with Crippen LogP contribution >= 0.6 is 0 Å². The fourth-order valence-corrected chi connectivity index (χ4v) is 1.83. The Morgan fingerprint density at radius 1 is 1.44 bits per heavy atom. The van der Waals surface area contributed by atoms with E-state index in [9.17, 15) is 0 Å². The van der Waals surface area contributed by atoms with Gasteiger partial charge in [0.2, 0.25) is 0 Å². The van der Waals surface area contributed by atoms with Crippen molar-refractivity contribution in [2.75, 3.05) is 0 Å². The molecular formula is C14H22N2. The first-order chi connectivity index (χ1) is 7.58. The Morgan fingerprint density at radius 3 is 2.69 bits per heavy atom. The zero-order valence-corrected chi connectivity index (χ0v) is 10.5. The highest BCUT2D eigenvalue weighted by molar-refractivity contribution is 5.33. The molecule has 3 N–H and O–H groups in total. The number of hydrogen-bond donors (Lipinski definition) is 2. The lowest BCUT2D eigenvalue weighted by atomic mass is 9.94. The Bertz CT molecular complexity index is 369. The van der Waals surface area contributed by atoms with Crippen molar-refractivity contribution in [3.63, 3.8) is 0 Å². The van der Waals surface area contributed by atoms with Crippen molar-refractivity contribution in [3.05, 3.63) is 47.0 Å². The van der Waals surface area contributed by atoms with Crippen molar-refractivity contribution in [2.45, 2.75) is 39.7 Å². The van der Waals surface area contributed by atoms with Crippen LogP contribution in [-0.4, -0.2) is 0 Å². The molecule has 2 nitrogen and oxygen atoms in total. The second kappa shape index (κ2) is 5.83. The normalized spacial score (nSPS) is 12.5. The van der Waals surface area contributed by atoms with Crippen LogP contribution in [0.2, 0.25) is 0 Å². The van der Waals surface area contributed by atoms with Crippen LogP contribution in [0.15, 0.2) is 30.4 Å². The number of aryl methyl sites for hydroxylation is 2. The van der Waals surface area contributed by atoms with E-state index in [0.29, 0.717) is 0 Å². The number of benzene rings is 1. The van der Waals surface area contributed by atoms with Gasteiger partial charge in [0.15, 0.2) is 0 Å². The highest BCUT2D eigenvalue weighted by atomic mass is 15.2. The largest absolute Gasteiger partial charge is 0.271 e. The van der Waals surface area contributed by atoms with Crippen molar-refractivity contribution in [1.29, 1.82) is 0 Å². The van der Waals surface area contributed by atoms with Gasteiger partial charge in [-0.05, 0) is 37.8 Å². The first-order valence-electron chi connectivity index (χ1n) is 5.78. The van der Waals surface area contributed by atoms with Crippen LogP contribution in [0.5, 0.6) is 0 Å². The van der Waals surface area contributed by atoms with Gasteiger partial charge in [0.1, 0.15) is 0 Å². The molecule has 0 amide bonds. The molecular weight excluding hydrogens is 196 g/mol. The van der Waals surface area contributed by atoms with Gasteiger partial charge < -0.3 is 0 Å². The quantitative estimate of drug-likeness (QED) is 0.452. The molecule has 1 rings (SSSR count). The summed E-state index contributed by atoms with van der Waals surface area (Å²) in [5.41, 5.74) is 7.93. The molecule has 1 unspecified atom stereocenters. The summed E-state index contributed by atoms with van der Waals surface area (Å²) in [6.45, 7) is 10.4. The van der Waals surface area contributed by atoms with Crippen LogP contribution in [0.4, 0.5) is 0 Å². The molecule has 1 aromatic carbocycles. The van der Waals surface area contributed by atoms with Gasteiger partial charge in [-0.1, -0.05) is 42.8 Å². The van der Waals surface area contributed by atoms with Gasteiger partial charge in [0.05, 0.1) is 0 Å². The predicted octanol–water partition coefficient (Wildman–Crippen LogP) is 3.16. The Hall–Kier alpha value is -1.12. The molecule has 0 heterocycles. The van der Waals surface area contributed by atoms with Crippen molar-refractivity contribution >= 4 is 0 Å². The molecule has 0 aliphatic heterocycles. The van der Waals surface area contributed by atoms with E-state index in [1.54, 1.807) is 0 Å². The van der Waals surface area contributed by atoms with E-state index in [0.717, 1.165) is 12.8 Å². The van der Waals surface area contributed by atoms with Crippen LogP contribution in [0.25, 0.3) is 0 Å². The fraction of sp³-hybridized carbons (Fsp3) is 0.429. The average Bonchev–Trinajstić information content (AvgIpc) is 2.29. The van der Waals surface area contributed by atoms with E-state index < -0.39 is 0 Å². The molecule has 0 saturated carbocycles. The summed E-state index contributed by atoms with van der Waals surface area (Å²) in [5, 5.41) is 0.